The summed E-state index contributed by atoms with van der Waals surface area (Å²) in [5.41, 5.74) is 0.800. The number of nitrogens with zero attached hydrogens (tertiary/aromatic N) is 2. The highest BCUT2D eigenvalue weighted by Crippen LogP contribution is 2.35. The van der Waals surface area contributed by atoms with Gasteiger partial charge in [-0.1, -0.05) is 48.9 Å². The molecule has 3 aromatic rings. The summed E-state index contributed by atoms with van der Waals surface area (Å²) in [6.45, 7) is 4.86. The van der Waals surface area contributed by atoms with Crippen molar-refractivity contribution in [2.45, 2.75) is 50.7 Å². The Labute approximate surface area is 247 Å². The highest BCUT2D eigenvalue weighted by atomic mass is 35.5. The number of hydrogen-bond acceptors (Lipinski definition) is 6. The van der Waals surface area contributed by atoms with Crippen molar-refractivity contribution in [2.75, 3.05) is 25.1 Å². The lowest BCUT2D eigenvalue weighted by atomic mass is 10.1. The minimum atomic E-state index is -4.26. The number of sulfonamides is 1. The fraction of sp³-hybridized carbons (Fsp3) is 0.333. The number of ether oxygens (including phenoxy) is 2. The highest BCUT2D eigenvalue weighted by molar-refractivity contribution is 7.92. The van der Waals surface area contributed by atoms with Crippen LogP contribution in [0.25, 0.3) is 0 Å². The Balaban J connectivity index is 2.09. The average Bonchev–Trinajstić information content (AvgIpc) is 2.98. The molecule has 220 valence electrons. The average molecular weight is 602 g/mol. The van der Waals surface area contributed by atoms with Gasteiger partial charge in [-0.2, -0.15) is 0 Å². The number of anilines is 1. The molecule has 41 heavy (non-hydrogen) atoms. The van der Waals surface area contributed by atoms with E-state index in [0.717, 1.165) is 4.31 Å². The smallest absolute Gasteiger partial charge is 0.264 e. The van der Waals surface area contributed by atoms with Crippen molar-refractivity contribution < 1.29 is 27.5 Å². The first-order valence-corrected chi connectivity index (χ1v) is 15.0. The van der Waals surface area contributed by atoms with Gasteiger partial charge in [0.15, 0.2) is 0 Å². The first kappa shape index (κ1) is 31.8. The first-order chi connectivity index (χ1) is 19.5. The summed E-state index contributed by atoms with van der Waals surface area (Å²) >= 11 is 6.27. The number of methoxy groups -OCH3 is 2. The van der Waals surface area contributed by atoms with Crippen LogP contribution >= 0.6 is 11.6 Å². The molecule has 0 unspecified atom stereocenters. The van der Waals surface area contributed by atoms with E-state index < -0.39 is 28.5 Å². The Hall–Kier alpha value is -3.76. The summed E-state index contributed by atoms with van der Waals surface area (Å²) < 4.78 is 39.7. The molecule has 0 bridgehead atoms. The minimum absolute atomic E-state index is 0.0169. The van der Waals surface area contributed by atoms with E-state index in [2.05, 4.69) is 5.32 Å². The molecule has 0 saturated carbocycles. The molecule has 1 N–H and O–H groups in total. The molecule has 3 aromatic carbocycles. The second kappa shape index (κ2) is 14.2. The fourth-order valence-electron chi connectivity index (χ4n) is 4.11. The maximum Gasteiger partial charge on any atom is 0.264 e. The molecule has 0 saturated heterocycles. The molecule has 3 rings (SSSR count). The van der Waals surface area contributed by atoms with E-state index >= 15 is 0 Å². The molecule has 0 radical (unpaired) electrons. The molecular formula is C30H36ClN3O6S. The third kappa shape index (κ3) is 7.92. The van der Waals surface area contributed by atoms with E-state index in [1.165, 1.54) is 43.4 Å². The fourth-order valence-corrected chi connectivity index (χ4v) is 5.71. The Morgan fingerprint density at radius 3 is 2.29 bits per heavy atom. The lowest BCUT2D eigenvalue weighted by molar-refractivity contribution is -0.139. The second-order valence-corrected chi connectivity index (χ2v) is 11.8. The van der Waals surface area contributed by atoms with E-state index in [-0.39, 0.29) is 39.8 Å². The summed E-state index contributed by atoms with van der Waals surface area (Å²) in [6, 6.07) is 18.4. The van der Waals surface area contributed by atoms with Crippen LogP contribution in [0.3, 0.4) is 0 Å². The normalized spacial score (nSPS) is 12.6. The van der Waals surface area contributed by atoms with Gasteiger partial charge in [0.2, 0.25) is 11.8 Å². The van der Waals surface area contributed by atoms with Crippen molar-refractivity contribution in [3.63, 3.8) is 0 Å². The predicted octanol–water partition coefficient (Wildman–Crippen LogP) is 4.88. The molecule has 0 aliphatic rings. The van der Waals surface area contributed by atoms with E-state index in [1.54, 1.807) is 55.5 Å². The van der Waals surface area contributed by atoms with Gasteiger partial charge in [-0.15, -0.1) is 0 Å². The van der Waals surface area contributed by atoms with Crippen LogP contribution in [-0.4, -0.2) is 58.0 Å². The molecule has 0 fully saturated rings. The van der Waals surface area contributed by atoms with Gasteiger partial charge in [-0.05, 0) is 68.3 Å². The van der Waals surface area contributed by atoms with Gasteiger partial charge in [-0.25, -0.2) is 8.42 Å². The number of carbonyl (C=O) groups excluding carboxylic acids is 2. The number of amides is 2. The Bertz CT molecular complexity index is 1450. The van der Waals surface area contributed by atoms with Crippen molar-refractivity contribution in [3.8, 4) is 11.5 Å². The molecule has 2 atom stereocenters. The van der Waals surface area contributed by atoms with E-state index in [0.29, 0.717) is 17.7 Å². The van der Waals surface area contributed by atoms with Crippen LogP contribution in [0.1, 0.15) is 32.8 Å². The maximum absolute atomic E-state index is 14.1. The molecule has 0 aliphatic heterocycles. The SMILES string of the molecule is CC[C@@H](C)NC(=O)[C@@H](C)N(Cc1cccc(OC)c1)C(=O)CN(c1cc(Cl)ccc1OC)S(=O)(=O)c1ccccc1. The highest BCUT2D eigenvalue weighted by Gasteiger charge is 2.34. The molecule has 0 aliphatic carbocycles. The van der Waals surface area contributed by atoms with E-state index in [9.17, 15) is 18.0 Å². The zero-order valence-electron chi connectivity index (χ0n) is 23.8. The summed E-state index contributed by atoms with van der Waals surface area (Å²) in [5, 5.41) is 3.17. The van der Waals surface area contributed by atoms with Gasteiger partial charge in [0.05, 0.1) is 24.8 Å². The van der Waals surface area contributed by atoms with Crippen LogP contribution in [0.5, 0.6) is 11.5 Å². The van der Waals surface area contributed by atoms with Crippen LogP contribution in [-0.2, 0) is 26.2 Å². The topological polar surface area (TPSA) is 105 Å². The molecule has 9 nitrogen and oxygen atoms in total. The maximum atomic E-state index is 14.1. The van der Waals surface area contributed by atoms with Gasteiger partial charge in [-0.3, -0.25) is 13.9 Å². The Morgan fingerprint density at radius 2 is 1.66 bits per heavy atom. The third-order valence-corrected chi connectivity index (χ3v) is 8.68. The number of halogens is 1. The van der Waals surface area contributed by atoms with Crippen molar-refractivity contribution in [1.82, 2.24) is 10.2 Å². The minimum Gasteiger partial charge on any atom is -0.497 e. The molecule has 0 heterocycles. The number of hydrogen-bond donors (Lipinski definition) is 1. The van der Waals surface area contributed by atoms with Crippen molar-refractivity contribution >= 4 is 39.1 Å². The van der Waals surface area contributed by atoms with Crippen LogP contribution in [0.15, 0.2) is 77.7 Å². The predicted molar refractivity (Wildman–Crippen MR) is 160 cm³/mol. The lowest BCUT2D eigenvalue weighted by Crippen LogP contribution is -2.52. The number of rotatable bonds is 13. The molecule has 11 heteroatoms. The summed E-state index contributed by atoms with van der Waals surface area (Å²) in [4.78, 5) is 28.6. The standard InChI is InChI=1S/C30H36ClN3O6S/c1-6-21(2)32-30(36)22(3)33(19-23-11-10-12-25(17-23)39-4)29(35)20-34(27-18-24(31)15-16-28(27)40-5)41(37,38)26-13-8-7-9-14-26/h7-18,21-22H,6,19-20H2,1-5H3,(H,32,36)/t21-,22-/m1/s1. The molecule has 0 spiro atoms. The van der Waals surface area contributed by atoms with E-state index in [4.69, 9.17) is 21.1 Å². The van der Waals surface area contributed by atoms with Crippen molar-refractivity contribution in [1.29, 1.82) is 0 Å². The van der Waals surface area contributed by atoms with Gasteiger partial charge >= 0.3 is 0 Å². The monoisotopic (exact) mass is 601 g/mol. The van der Waals surface area contributed by atoms with Gasteiger partial charge in [0.25, 0.3) is 10.0 Å². The van der Waals surface area contributed by atoms with Gasteiger partial charge in [0, 0.05) is 17.6 Å². The number of carbonyl (C=O) groups is 2. The van der Waals surface area contributed by atoms with Crippen molar-refractivity contribution in [3.05, 3.63) is 83.4 Å². The summed E-state index contributed by atoms with van der Waals surface area (Å²) in [6.07, 6.45) is 0.708. The van der Waals surface area contributed by atoms with Gasteiger partial charge in [0.1, 0.15) is 24.1 Å². The van der Waals surface area contributed by atoms with Crippen molar-refractivity contribution in [2.24, 2.45) is 0 Å². The first-order valence-electron chi connectivity index (χ1n) is 13.2. The zero-order chi connectivity index (χ0) is 30.2. The second-order valence-electron chi connectivity index (χ2n) is 9.51. The number of benzene rings is 3. The molecular weight excluding hydrogens is 566 g/mol. The zero-order valence-corrected chi connectivity index (χ0v) is 25.4. The Morgan fingerprint density at radius 1 is 0.951 bits per heavy atom. The van der Waals surface area contributed by atoms with Gasteiger partial charge < -0.3 is 19.7 Å². The molecule has 0 aromatic heterocycles. The third-order valence-electron chi connectivity index (χ3n) is 6.68. The summed E-state index contributed by atoms with van der Waals surface area (Å²) in [7, 11) is -1.32. The van der Waals surface area contributed by atoms with Crippen LogP contribution in [0.2, 0.25) is 5.02 Å². The number of nitrogens with one attached hydrogen (secondary N) is 1. The quantitative estimate of drug-likeness (QED) is 0.299. The lowest BCUT2D eigenvalue weighted by Gasteiger charge is -2.33. The Kier molecular flexibility index (Phi) is 11.0. The van der Waals surface area contributed by atoms with Crippen LogP contribution < -0.4 is 19.1 Å². The largest absolute Gasteiger partial charge is 0.497 e. The molecule has 2 amide bonds. The van der Waals surface area contributed by atoms with Crippen LogP contribution in [0, 0.1) is 0 Å². The van der Waals surface area contributed by atoms with Crippen LogP contribution in [0.4, 0.5) is 5.69 Å². The summed E-state index contributed by atoms with van der Waals surface area (Å²) in [5.74, 6) is -0.151. The van der Waals surface area contributed by atoms with E-state index in [1.807, 2.05) is 13.8 Å².